The van der Waals surface area contributed by atoms with Crippen molar-refractivity contribution in [2.24, 2.45) is 0 Å². The molecule has 0 aliphatic heterocycles. The number of nitriles is 1. The zero-order valence-corrected chi connectivity index (χ0v) is 16.4. The van der Waals surface area contributed by atoms with Gasteiger partial charge in [-0.2, -0.15) is 33.4 Å². The first-order chi connectivity index (χ1) is 15.4. The molecular formula is C21H16F3N7O. The van der Waals surface area contributed by atoms with Crippen LogP contribution in [-0.2, 0) is 6.54 Å². The molecule has 32 heavy (non-hydrogen) atoms. The van der Waals surface area contributed by atoms with E-state index in [-0.39, 0.29) is 18.4 Å². The lowest BCUT2D eigenvalue weighted by molar-refractivity contribution is -0.154. The van der Waals surface area contributed by atoms with Gasteiger partial charge in [-0.15, -0.1) is 0 Å². The van der Waals surface area contributed by atoms with Gasteiger partial charge in [-0.3, -0.25) is 0 Å². The third kappa shape index (κ3) is 5.42. The maximum Gasteiger partial charge on any atom is 0.422 e. The minimum Gasteiger partial charge on any atom is -0.454 e. The van der Waals surface area contributed by atoms with E-state index in [1.54, 1.807) is 36.5 Å². The zero-order valence-electron chi connectivity index (χ0n) is 16.4. The maximum absolute atomic E-state index is 12.6. The molecule has 0 bridgehead atoms. The van der Waals surface area contributed by atoms with E-state index in [1.807, 2.05) is 24.3 Å². The molecule has 0 aliphatic rings. The zero-order chi connectivity index (χ0) is 22.6. The number of nitrogens with zero attached hydrogens (tertiary/aromatic N) is 4. The van der Waals surface area contributed by atoms with E-state index in [1.165, 1.54) is 0 Å². The van der Waals surface area contributed by atoms with Crippen LogP contribution < -0.4 is 15.4 Å². The van der Waals surface area contributed by atoms with Gasteiger partial charge >= 0.3 is 12.2 Å². The highest BCUT2D eigenvalue weighted by molar-refractivity contribution is 5.83. The van der Waals surface area contributed by atoms with Gasteiger partial charge in [0.2, 0.25) is 11.9 Å². The fraction of sp³-hybridized carbons (Fsp3) is 0.143. The molecule has 11 heteroatoms. The van der Waals surface area contributed by atoms with Crippen molar-refractivity contribution in [2.75, 3.05) is 17.2 Å². The van der Waals surface area contributed by atoms with E-state index in [0.29, 0.717) is 11.3 Å². The van der Waals surface area contributed by atoms with Crippen LogP contribution in [0, 0.1) is 11.3 Å². The first kappa shape index (κ1) is 20.9. The molecule has 2 aromatic carbocycles. The van der Waals surface area contributed by atoms with Crippen molar-refractivity contribution >= 4 is 28.5 Å². The van der Waals surface area contributed by atoms with E-state index in [4.69, 9.17) is 10.00 Å². The number of fused-ring (bicyclic) bond motifs is 1. The van der Waals surface area contributed by atoms with Crippen LogP contribution in [0.4, 0.5) is 30.8 Å². The second-order valence-electron chi connectivity index (χ2n) is 6.74. The Bertz CT molecular complexity index is 1260. The van der Waals surface area contributed by atoms with Crippen LogP contribution in [0.25, 0.3) is 10.9 Å². The van der Waals surface area contributed by atoms with E-state index in [9.17, 15) is 13.2 Å². The van der Waals surface area contributed by atoms with Gasteiger partial charge < -0.3 is 20.4 Å². The van der Waals surface area contributed by atoms with Gasteiger partial charge in [0.05, 0.1) is 11.6 Å². The number of anilines is 3. The molecule has 0 atom stereocenters. The fourth-order valence-corrected chi connectivity index (χ4v) is 2.84. The quantitative estimate of drug-likeness (QED) is 0.388. The number of halogens is 3. The molecule has 4 aromatic rings. The Labute approximate surface area is 180 Å². The van der Waals surface area contributed by atoms with Crippen molar-refractivity contribution in [2.45, 2.75) is 12.7 Å². The Hall–Kier alpha value is -4.33. The van der Waals surface area contributed by atoms with E-state index in [2.05, 4.69) is 30.6 Å². The summed E-state index contributed by atoms with van der Waals surface area (Å²) in [5.74, 6) is 0.0513. The fourth-order valence-electron chi connectivity index (χ4n) is 2.84. The second-order valence-corrected chi connectivity index (χ2v) is 6.74. The predicted octanol–water partition coefficient (Wildman–Crippen LogP) is 4.52. The van der Waals surface area contributed by atoms with Crippen molar-refractivity contribution in [1.82, 2.24) is 19.9 Å². The predicted molar refractivity (Wildman–Crippen MR) is 111 cm³/mol. The lowest BCUT2D eigenvalue weighted by Gasteiger charge is -2.12. The van der Waals surface area contributed by atoms with Crippen molar-refractivity contribution in [3.63, 3.8) is 0 Å². The smallest absolute Gasteiger partial charge is 0.422 e. The number of alkyl halides is 3. The number of aromatic amines is 1. The molecule has 0 saturated heterocycles. The Balaban J connectivity index is 1.55. The second kappa shape index (κ2) is 8.81. The molecule has 162 valence electrons. The summed E-state index contributed by atoms with van der Waals surface area (Å²) in [7, 11) is 0. The summed E-state index contributed by atoms with van der Waals surface area (Å²) < 4.78 is 42.5. The lowest BCUT2D eigenvalue weighted by Crippen LogP contribution is -2.21. The minimum absolute atomic E-state index is 0.0189. The number of nitrogens with one attached hydrogen (secondary N) is 3. The highest BCUT2D eigenvalue weighted by Gasteiger charge is 2.29. The van der Waals surface area contributed by atoms with Crippen molar-refractivity contribution < 1.29 is 17.9 Å². The van der Waals surface area contributed by atoms with Gasteiger partial charge in [-0.1, -0.05) is 18.2 Å². The monoisotopic (exact) mass is 439 g/mol. The Morgan fingerprint density at radius 1 is 1.00 bits per heavy atom. The average molecular weight is 439 g/mol. The van der Waals surface area contributed by atoms with Crippen LogP contribution >= 0.6 is 0 Å². The average Bonchev–Trinajstić information content (AvgIpc) is 3.24. The summed E-state index contributed by atoms with van der Waals surface area (Å²) in [6, 6.07) is 15.8. The van der Waals surface area contributed by atoms with Crippen molar-refractivity contribution in [3.05, 3.63) is 65.9 Å². The van der Waals surface area contributed by atoms with Gasteiger partial charge in [0.1, 0.15) is 0 Å². The van der Waals surface area contributed by atoms with E-state index < -0.39 is 18.8 Å². The van der Waals surface area contributed by atoms with Gasteiger partial charge in [-0.05, 0) is 41.3 Å². The molecule has 4 rings (SSSR count). The normalized spacial score (nSPS) is 11.2. The lowest BCUT2D eigenvalue weighted by atomic mass is 10.1. The number of ether oxygens (including phenoxy) is 1. The molecular weight excluding hydrogens is 423 g/mol. The molecule has 0 radical (unpaired) electrons. The number of rotatable bonds is 7. The van der Waals surface area contributed by atoms with Crippen LogP contribution in [0.2, 0.25) is 0 Å². The highest BCUT2D eigenvalue weighted by atomic mass is 19.4. The summed E-state index contributed by atoms with van der Waals surface area (Å²) in [5, 5.41) is 15.8. The summed E-state index contributed by atoms with van der Waals surface area (Å²) in [6.45, 7) is -1.25. The number of hydrogen-bond donors (Lipinski definition) is 3. The summed E-state index contributed by atoms with van der Waals surface area (Å²) in [4.78, 5) is 15.1. The molecule has 0 aliphatic carbocycles. The first-order valence-electron chi connectivity index (χ1n) is 9.41. The third-order valence-electron chi connectivity index (χ3n) is 4.32. The minimum atomic E-state index is -4.53. The SMILES string of the molecule is N#Cc1ccc(CNc2nc(Nc3ccc4cc[nH]c4c3)nc(OCC(F)(F)F)n2)cc1. The van der Waals surface area contributed by atoms with Crippen molar-refractivity contribution in [1.29, 1.82) is 5.26 Å². The number of hydrogen-bond acceptors (Lipinski definition) is 7. The molecule has 2 heterocycles. The van der Waals surface area contributed by atoms with Crippen molar-refractivity contribution in [3.8, 4) is 12.1 Å². The van der Waals surface area contributed by atoms with E-state index >= 15 is 0 Å². The molecule has 2 aromatic heterocycles. The topological polar surface area (TPSA) is 112 Å². The maximum atomic E-state index is 12.6. The molecule has 0 unspecified atom stereocenters. The molecule has 0 saturated carbocycles. The number of benzene rings is 2. The Kier molecular flexibility index (Phi) is 5.76. The van der Waals surface area contributed by atoms with Gasteiger partial charge in [0.25, 0.3) is 0 Å². The number of H-pyrrole nitrogens is 1. The van der Waals surface area contributed by atoms with Crippen LogP contribution in [0.5, 0.6) is 6.01 Å². The van der Waals surface area contributed by atoms with E-state index in [0.717, 1.165) is 16.5 Å². The largest absolute Gasteiger partial charge is 0.454 e. The van der Waals surface area contributed by atoms with Crippen LogP contribution in [0.15, 0.2) is 54.7 Å². The Morgan fingerprint density at radius 2 is 1.78 bits per heavy atom. The van der Waals surface area contributed by atoms with Gasteiger partial charge in [-0.25, -0.2) is 0 Å². The molecule has 0 fully saturated rings. The molecule has 3 N–H and O–H groups in total. The third-order valence-corrected chi connectivity index (χ3v) is 4.32. The summed E-state index contributed by atoms with van der Waals surface area (Å²) in [5.41, 5.74) is 2.85. The van der Waals surface area contributed by atoms with Gasteiger partial charge in [0, 0.05) is 23.9 Å². The van der Waals surface area contributed by atoms with Gasteiger partial charge in [0.15, 0.2) is 6.61 Å². The molecule has 0 spiro atoms. The highest BCUT2D eigenvalue weighted by Crippen LogP contribution is 2.22. The summed E-state index contributed by atoms with van der Waals surface area (Å²) in [6.07, 6.45) is -2.74. The number of aromatic nitrogens is 4. The van der Waals surface area contributed by atoms with Crippen LogP contribution in [-0.4, -0.2) is 32.7 Å². The molecule has 8 nitrogen and oxygen atoms in total. The Morgan fingerprint density at radius 3 is 2.53 bits per heavy atom. The standard InChI is InChI=1S/C21H16F3N7O/c22-21(23,24)12-32-20-30-18(27-11-14-3-1-13(10-25)2-4-14)29-19(31-20)28-16-6-5-15-7-8-26-17(15)9-16/h1-9,26H,11-12H2,(H2,27,28,29,30,31). The van der Waals surface area contributed by atoms with Crippen LogP contribution in [0.1, 0.15) is 11.1 Å². The molecule has 0 amide bonds. The first-order valence-corrected chi connectivity index (χ1v) is 9.41. The van der Waals surface area contributed by atoms with Crippen LogP contribution in [0.3, 0.4) is 0 Å². The summed E-state index contributed by atoms with van der Waals surface area (Å²) >= 11 is 0.